The molecule has 2 fully saturated rings. The zero-order chi connectivity index (χ0) is 19.3. The second-order valence-electron chi connectivity index (χ2n) is 7.90. The molecule has 1 aromatic heterocycles. The van der Waals surface area contributed by atoms with E-state index >= 15 is 0 Å². The lowest BCUT2D eigenvalue weighted by molar-refractivity contribution is -0.156. The number of hydrogen-bond acceptors (Lipinski definition) is 6. The molecule has 4 aliphatic rings. The number of carboxylic acid groups (broad SMARTS) is 1. The van der Waals surface area contributed by atoms with E-state index < -0.39 is 23.8 Å². The molecule has 2 aliphatic heterocycles. The van der Waals surface area contributed by atoms with Gasteiger partial charge in [-0.25, -0.2) is 0 Å². The summed E-state index contributed by atoms with van der Waals surface area (Å²) in [5.41, 5.74) is 0.896. The van der Waals surface area contributed by atoms with Gasteiger partial charge < -0.3 is 14.8 Å². The Labute approximate surface area is 175 Å². The molecular weight excluding hydrogens is 466 g/mol. The first kappa shape index (κ1) is 17.3. The van der Waals surface area contributed by atoms with Crippen molar-refractivity contribution in [1.82, 2.24) is 4.98 Å². The fraction of sp³-hybridized carbons (Fsp3) is 0.421. The maximum atomic E-state index is 13.0. The Morgan fingerprint density at radius 1 is 1.29 bits per heavy atom. The number of H-pyrrole nitrogens is 1. The van der Waals surface area contributed by atoms with Crippen molar-refractivity contribution >= 4 is 51.0 Å². The highest BCUT2D eigenvalue weighted by Gasteiger charge is 2.67. The van der Waals surface area contributed by atoms with E-state index in [0.29, 0.717) is 5.75 Å². The van der Waals surface area contributed by atoms with E-state index in [0.717, 1.165) is 26.4 Å². The van der Waals surface area contributed by atoms with Crippen LogP contribution in [0.2, 0.25) is 0 Å². The minimum absolute atomic E-state index is 0.0430. The van der Waals surface area contributed by atoms with Gasteiger partial charge in [0.2, 0.25) is 0 Å². The quantitative estimate of drug-likeness (QED) is 0.481. The molecule has 2 aliphatic carbocycles. The van der Waals surface area contributed by atoms with Crippen LogP contribution in [0, 0.1) is 29.6 Å². The molecule has 6 rings (SSSR count). The zero-order valence-electron chi connectivity index (χ0n) is 14.3. The number of benzene rings is 1. The number of aliphatic carboxylic acids is 1. The topological polar surface area (TPSA) is 96.5 Å². The smallest absolute Gasteiger partial charge is 0.315 e. The van der Waals surface area contributed by atoms with Crippen LogP contribution in [0.15, 0.2) is 32.5 Å². The summed E-state index contributed by atoms with van der Waals surface area (Å²) in [6, 6.07) is 5.54. The number of rotatable bonds is 1. The normalized spacial score (nSPS) is 36.9. The van der Waals surface area contributed by atoms with Gasteiger partial charge in [-0.2, -0.15) is 0 Å². The molecule has 0 saturated heterocycles. The van der Waals surface area contributed by atoms with Gasteiger partial charge in [0, 0.05) is 26.1 Å². The van der Waals surface area contributed by atoms with E-state index in [9.17, 15) is 19.5 Å². The van der Waals surface area contributed by atoms with Crippen LogP contribution >= 0.6 is 39.0 Å². The predicted octanol–water partition coefficient (Wildman–Crippen LogP) is 3.31. The minimum Gasteiger partial charge on any atom is -0.481 e. The first-order chi connectivity index (χ1) is 13.4. The van der Waals surface area contributed by atoms with Crippen molar-refractivity contribution in [1.29, 1.82) is 0 Å². The summed E-state index contributed by atoms with van der Waals surface area (Å²) in [6.45, 7) is 0. The van der Waals surface area contributed by atoms with Gasteiger partial charge in [-0.3, -0.25) is 14.4 Å². The van der Waals surface area contributed by atoms with Gasteiger partial charge in [-0.1, -0.05) is 27.3 Å². The number of fused-ring (bicyclic) bond motifs is 6. The Kier molecular flexibility index (Phi) is 3.54. The summed E-state index contributed by atoms with van der Waals surface area (Å²) >= 11 is 6.33. The SMILES string of the molecule is O=C(O)[C@@H]1[C@H]2C[C@H]3[C@@H]1C(=O)Oc1ccc(Br)cc1[C@@H]1c4sc(=O)[nH]c4S[C@@H]2[C@H]13. The number of carbonyl (C=O) groups excluding carboxylic acids is 1. The predicted molar refractivity (Wildman–Crippen MR) is 106 cm³/mol. The third-order valence-electron chi connectivity index (χ3n) is 6.79. The number of hydrogen-bond donors (Lipinski definition) is 2. The second kappa shape index (κ2) is 5.73. The fourth-order valence-corrected chi connectivity index (χ4v) is 9.23. The average molecular weight is 480 g/mol. The van der Waals surface area contributed by atoms with Crippen LogP contribution in [0.5, 0.6) is 5.75 Å². The number of nitrogens with one attached hydrogen (secondary N) is 1. The number of thioether (sulfide) groups is 1. The third-order valence-corrected chi connectivity index (χ3v) is 9.87. The van der Waals surface area contributed by atoms with E-state index in [4.69, 9.17) is 4.74 Å². The molecule has 28 heavy (non-hydrogen) atoms. The first-order valence-electron chi connectivity index (χ1n) is 9.07. The van der Waals surface area contributed by atoms with Crippen molar-refractivity contribution in [2.45, 2.75) is 22.6 Å². The summed E-state index contributed by atoms with van der Waals surface area (Å²) in [4.78, 5) is 41.0. The summed E-state index contributed by atoms with van der Waals surface area (Å²) in [7, 11) is 0. The number of esters is 1. The molecule has 9 heteroatoms. The molecular formula is C19H14BrNO5S2. The molecule has 6 nitrogen and oxygen atoms in total. The molecule has 2 N–H and O–H groups in total. The second-order valence-corrected chi connectivity index (χ2v) is 11.0. The molecule has 2 aromatic rings. The van der Waals surface area contributed by atoms with Crippen molar-refractivity contribution in [3.63, 3.8) is 0 Å². The van der Waals surface area contributed by atoms with Gasteiger partial charge >= 0.3 is 16.8 Å². The molecule has 144 valence electrons. The van der Waals surface area contributed by atoms with Crippen LogP contribution in [-0.2, 0) is 9.59 Å². The third kappa shape index (κ3) is 2.12. The van der Waals surface area contributed by atoms with Crippen molar-refractivity contribution in [2.24, 2.45) is 29.6 Å². The number of halogens is 1. The molecule has 0 amide bonds. The summed E-state index contributed by atoms with van der Waals surface area (Å²) < 4.78 is 6.63. The van der Waals surface area contributed by atoms with Gasteiger partial charge in [-0.15, -0.1) is 11.8 Å². The summed E-state index contributed by atoms with van der Waals surface area (Å²) in [6.07, 6.45) is 0.720. The number of carbonyl (C=O) groups is 2. The number of ether oxygens (including phenoxy) is 1. The molecule has 2 bridgehead atoms. The van der Waals surface area contributed by atoms with Gasteiger partial charge in [0.1, 0.15) is 5.75 Å². The standard InChI is InChI=1S/C19H14BrNO5S2/c20-5-1-2-9-6(3-5)10-11-7-4-8(12(17(22)23)13(7)18(24)26-9)14(11)27-16-15(10)28-19(25)21-16/h1-3,7-8,10-14H,4H2,(H,21,25)(H,22,23)/t7-,8-,10+,11+,12-,13+,14+/m1/s1. The van der Waals surface area contributed by atoms with Crippen molar-refractivity contribution in [2.75, 3.05) is 0 Å². The molecule has 3 heterocycles. The van der Waals surface area contributed by atoms with E-state index in [1.165, 1.54) is 11.3 Å². The summed E-state index contributed by atoms with van der Waals surface area (Å²) in [5, 5.41) is 10.8. The Morgan fingerprint density at radius 2 is 2.11 bits per heavy atom. The van der Waals surface area contributed by atoms with E-state index in [1.54, 1.807) is 17.8 Å². The Hall–Kier alpha value is -1.58. The highest BCUT2D eigenvalue weighted by atomic mass is 79.9. The van der Waals surface area contributed by atoms with Crippen LogP contribution in [-0.4, -0.2) is 27.3 Å². The Balaban J connectivity index is 1.64. The first-order valence-corrected chi connectivity index (χ1v) is 11.6. The number of aromatic amines is 1. The van der Waals surface area contributed by atoms with Gasteiger partial charge in [0.05, 0.1) is 16.9 Å². The molecule has 0 spiro atoms. The zero-order valence-corrected chi connectivity index (χ0v) is 17.5. The van der Waals surface area contributed by atoms with Crippen LogP contribution in [0.1, 0.15) is 22.8 Å². The van der Waals surface area contributed by atoms with Crippen LogP contribution in [0.4, 0.5) is 0 Å². The van der Waals surface area contributed by atoms with Crippen LogP contribution in [0.3, 0.4) is 0 Å². The Morgan fingerprint density at radius 3 is 2.89 bits per heavy atom. The fourth-order valence-electron chi connectivity index (χ4n) is 5.97. The average Bonchev–Trinajstić information content (AvgIpc) is 3.30. The minimum atomic E-state index is -0.925. The van der Waals surface area contributed by atoms with Gasteiger partial charge in [-0.05, 0) is 42.4 Å². The monoisotopic (exact) mass is 479 g/mol. The van der Waals surface area contributed by atoms with Crippen molar-refractivity contribution < 1.29 is 19.4 Å². The van der Waals surface area contributed by atoms with E-state index in [2.05, 4.69) is 20.9 Å². The maximum absolute atomic E-state index is 13.0. The van der Waals surface area contributed by atoms with E-state index in [1.807, 2.05) is 12.1 Å². The molecule has 7 atom stereocenters. The van der Waals surface area contributed by atoms with Crippen molar-refractivity contribution in [3.05, 3.63) is 42.8 Å². The van der Waals surface area contributed by atoms with Crippen molar-refractivity contribution in [3.8, 4) is 5.75 Å². The lowest BCUT2D eigenvalue weighted by atomic mass is 9.66. The highest BCUT2D eigenvalue weighted by Crippen LogP contribution is 2.68. The summed E-state index contributed by atoms with van der Waals surface area (Å²) in [5.74, 6) is -2.33. The molecule has 0 radical (unpaired) electrons. The number of carboxylic acids is 1. The maximum Gasteiger partial charge on any atom is 0.315 e. The highest BCUT2D eigenvalue weighted by molar-refractivity contribution is 9.10. The van der Waals surface area contributed by atoms with Crippen LogP contribution < -0.4 is 9.61 Å². The largest absolute Gasteiger partial charge is 0.481 e. The van der Waals surface area contributed by atoms with Gasteiger partial charge in [0.25, 0.3) is 0 Å². The number of aromatic nitrogens is 1. The lowest BCUT2D eigenvalue weighted by Gasteiger charge is -2.45. The molecule has 2 saturated carbocycles. The van der Waals surface area contributed by atoms with Gasteiger partial charge in [0.15, 0.2) is 0 Å². The Bertz CT molecular complexity index is 1110. The number of thiazole rings is 1. The lowest BCUT2D eigenvalue weighted by Crippen LogP contribution is -2.49. The molecule has 0 unspecified atom stereocenters. The van der Waals surface area contributed by atoms with E-state index in [-0.39, 0.29) is 33.8 Å². The van der Waals surface area contributed by atoms with Crippen LogP contribution in [0.25, 0.3) is 0 Å². The molecule has 1 aromatic carbocycles.